The first-order chi connectivity index (χ1) is 16.7. The summed E-state index contributed by atoms with van der Waals surface area (Å²) in [6.07, 6.45) is 7.86. The Hall–Kier alpha value is -2.80. The summed E-state index contributed by atoms with van der Waals surface area (Å²) in [5.74, 6) is 1.73. The Labute approximate surface area is 208 Å². The molecule has 2 aliphatic rings. The van der Waals surface area contributed by atoms with Gasteiger partial charge in [-0.25, -0.2) is 17.7 Å². The minimum Gasteiger partial charge on any atom is -0.332 e. The van der Waals surface area contributed by atoms with Crippen molar-refractivity contribution in [1.82, 2.24) is 34.0 Å². The molecule has 1 saturated carbocycles. The maximum Gasteiger partial charge on any atom is 0.252 e. The van der Waals surface area contributed by atoms with E-state index in [1.807, 2.05) is 38.6 Å². The van der Waals surface area contributed by atoms with Crippen LogP contribution in [0.1, 0.15) is 30.0 Å². The summed E-state index contributed by atoms with van der Waals surface area (Å²) >= 11 is 1.23. The van der Waals surface area contributed by atoms with Crippen LogP contribution in [0.25, 0.3) is 16.8 Å². The highest BCUT2D eigenvalue weighted by molar-refractivity contribution is 7.91. The molecule has 2 N–H and O–H groups in total. The molecular formula is C23H28N8O2S2. The second-order valence-corrected chi connectivity index (χ2v) is 13.1. The standard InChI is InChI=1S/C23H28N8O2S2/c1-13-5-21(34-23(13)35(32,33)29(2)3)28-20-8-19(17-7-16-6-14(17)9-24-16)27-22-18(11-26-31(20)22)15-10-25-30(4)12-15/h5,8,10-12,14,16-17,24,28H,6-7,9H2,1-4H3/t14-,16-,17?/m0/s1. The average Bonchev–Trinajstić information content (AvgIpc) is 3.62. The van der Waals surface area contributed by atoms with Gasteiger partial charge in [-0.2, -0.15) is 14.7 Å². The highest BCUT2D eigenvalue weighted by atomic mass is 32.2. The summed E-state index contributed by atoms with van der Waals surface area (Å²) < 4.78 is 30.7. The average molecular weight is 513 g/mol. The van der Waals surface area contributed by atoms with Gasteiger partial charge in [-0.1, -0.05) is 0 Å². The number of nitrogens with zero attached hydrogens (tertiary/aromatic N) is 6. The SMILES string of the molecule is Cc1cc(Nc2cc(C3C[C@@H]4C[C@H]3CN4)nc3c(-c4cnn(C)c4)cnn23)sc1S(=O)(=O)N(C)C. The van der Waals surface area contributed by atoms with Crippen molar-refractivity contribution in [3.8, 4) is 11.1 Å². The van der Waals surface area contributed by atoms with Crippen LogP contribution in [-0.4, -0.2) is 63.8 Å². The Bertz CT molecular complexity index is 1530. The van der Waals surface area contributed by atoms with Crippen LogP contribution in [0.2, 0.25) is 0 Å². The summed E-state index contributed by atoms with van der Waals surface area (Å²) in [5, 5.41) is 16.7. The molecule has 3 atom stereocenters. The zero-order valence-corrected chi connectivity index (χ0v) is 21.7. The molecule has 0 aromatic carbocycles. The molecule has 1 saturated heterocycles. The molecule has 35 heavy (non-hydrogen) atoms. The summed E-state index contributed by atoms with van der Waals surface area (Å²) in [6.45, 7) is 2.85. The zero-order valence-electron chi connectivity index (χ0n) is 20.1. The Kier molecular flexibility index (Phi) is 5.25. The first-order valence-corrected chi connectivity index (χ1v) is 13.9. The number of anilines is 2. The Morgan fingerprint density at radius 1 is 1.20 bits per heavy atom. The van der Waals surface area contributed by atoms with Crippen molar-refractivity contribution in [3.63, 3.8) is 0 Å². The number of aromatic nitrogens is 5. The first-order valence-electron chi connectivity index (χ1n) is 11.6. The van der Waals surface area contributed by atoms with Gasteiger partial charge in [-0.3, -0.25) is 4.68 Å². The van der Waals surface area contributed by atoms with E-state index in [0.717, 1.165) is 46.3 Å². The molecule has 2 bridgehead atoms. The van der Waals surface area contributed by atoms with Gasteiger partial charge in [-0.05, 0) is 43.9 Å². The molecule has 4 aromatic rings. The van der Waals surface area contributed by atoms with Crippen molar-refractivity contribution in [3.05, 3.63) is 42.0 Å². The molecule has 10 nitrogen and oxygen atoms in total. The lowest BCUT2D eigenvalue weighted by molar-refractivity contribution is 0.434. The second kappa shape index (κ2) is 8.12. The third-order valence-corrected chi connectivity index (χ3v) is 10.7. The number of thiophene rings is 1. The van der Waals surface area contributed by atoms with Crippen LogP contribution in [0.3, 0.4) is 0 Å². The Morgan fingerprint density at radius 3 is 2.69 bits per heavy atom. The monoisotopic (exact) mass is 512 g/mol. The first kappa shape index (κ1) is 22.7. The van der Waals surface area contributed by atoms with Crippen LogP contribution >= 0.6 is 11.3 Å². The molecule has 6 rings (SSSR count). The van der Waals surface area contributed by atoms with Crippen LogP contribution in [-0.2, 0) is 17.1 Å². The van der Waals surface area contributed by atoms with Gasteiger partial charge in [0.1, 0.15) is 10.0 Å². The van der Waals surface area contributed by atoms with Crippen molar-refractivity contribution in [2.75, 3.05) is 26.0 Å². The van der Waals surface area contributed by atoms with Gasteiger partial charge >= 0.3 is 0 Å². The van der Waals surface area contributed by atoms with Crippen LogP contribution in [0, 0.1) is 12.8 Å². The van der Waals surface area contributed by atoms with Crippen LogP contribution in [0.5, 0.6) is 0 Å². The highest BCUT2D eigenvalue weighted by Crippen LogP contribution is 2.44. The van der Waals surface area contributed by atoms with E-state index in [4.69, 9.17) is 4.98 Å². The number of aryl methyl sites for hydroxylation is 2. The molecular weight excluding hydrogens is 484 g/mol. The van der Waals surface area contributed by atoms with E-state index in [-0.39, 0.29) is 0 Å². The predicted molar refractivity (Wildman–Crippen MR) is 136 cm³/mol. The van der Waals surface area contributed by atoms with Gasteiger partial charge in [-0.15, -0.1) is 11.3 Å². The van der Waals surface area contributed by atoms with E-state index >= 15 is 0 Å². The van der Waals surface area contributed by atoms with Crippen molar-refractivity contribution < 1.29 is 8.42 Å². The Balaban J connectivity index is 1.46. The number of hydrogen-bond acceptors (Lipinski definition) is 8. The lowest BCUT2D eigenvalue weighted by Gasteiger charge is -2.22. The van der Waals surface area contributed by atoms with Gasteiger partial charge in [0.15, 0.2) is 5.65 Å². The van der Waals surface area contributed by atoms with Crippen molar-refractivity contribution in [2.45, 2.75) is 35.9 Å². The third-order valence-electron chi connectivity index (χ3n) is 7.09. The lowest BCUT2D eigenvalue weighted by atomic mass is 9.91. The molecule has 12 heteroatoms. The minimum atomic E-state index is -3.52. The summed E-state index contributed by atoms with van der Waals surface area (Å²) in [7, 11) is 1.47. The van der Waals surface area contributed by atoms with Crippen molar-refractivity contribution in [2.24, 2.45) is 13.0 Å². The fourth-order valence-corrected chi connectivity index (χ4v) is 8.04. The zero-order chi connectivity index (χ0) is 24.5. The number of piperidine rings is 1. The third kappa shape index (κ3) is 3.75. The molecule has 5 heterocycles. The van der Waals surface area contributed by atoms with E-state index in [9.17, 15) is 8.42 Å². The predicted octanol–water partition coefficient (Wildman–Crippen LogP) is 2.96. The molecule has 1 aliphatic carbocycles. The molecule has 2 fully saturated rings. The van der Waals surface area contributed by atoms with E-state index in [0.29, 0.717) is 27.7 Å². The normalized spacial score (nSPS) is 22.0. The van der Waals surface area contributed by atoms with Crippen LogP contribution < -0.4 is 10.6 Å². The minimum absolute atomic E-state index is 0.339. The maximum absolute atomic E-state index is 12.8. The molecule has 0 radical (unpaired) electrons. The quantitative estimate of drug-likeness (QED) is 0.409. The lowest BCUT2D eigenvalue weighted by Crippen LogP contribution is -2.29. The van der Waals surface area contributed by atoms with Gasteiger partial charge in [0.2, 0.25) is 0 Å². The number of fused-ring (bicyclic) bond motifs is 3. The second-order valence-electron chi connectivity index (χ2n) is 9.70. The maximum atomic E-state index is 12.8. The number of nitrogens with one attached hydrogen (secondary N) is 2. The van der Waals surface area contributed by atoms with E-state index in [1.165, 1.54) is 22.1 Å². The van der Waals surface area contributed by atoms with Crippen molar-refractivity contribution in [1.29, 1.82) is 0 Å². The number of hydrogen-bond donors (Lipinski definition) is 2. The molecule has 1 unspecified atom stereocenters. The fourth-order valence-electron chi connectivity index (χ4n) is 5.30. The smallest absolute Gasteiger partial charge is 0.252 e. The van der Waals surface area contributed by atoms with Crippen LogP contribution in [0.4, 0.5) is 10.8 Å². The highest BCUT2D eigenvalue weighted by Gasteiger charge is 2.41. The molecule has 1 aliphatic heterocycles. The van der Waals surface area contributed by atoms with Gasteiger partial charge in [0, 0.05) is 56.5 Å². The number of rotatable bonds is 6. The molecule has 0 spiro atoms. The van der Waals surface area contributed by atoms with Gasteiger partial charge in [0.25, 0.3) is 10.0 Å². The van der Waals surface area contributed by atoms with Crippen molar-refractivity contribution >= 4 is 37.8 Å². The van der Waals surface area contributed by atoms with Gasteiger partial charge in [0.05, 0.1) is 23.1 Å². The largest absolute Gasteiger partial charge is 0.332 e. The molecule has 0 amide bonds. The topological polar surface area (TPSA) is 109 Å². The van der Waals surface area contributed by atoms with E-state index in [2.05, 4.69) is 26.9 Å². The molecule has 4 aromatic heterocycles. The summed E-state index contributed by atoms with van der Waals surface area (Å²) in [4.78, 5) is 5.11. The number of sulfonamides is 1. The van der Waals surface area contributed by atoms with E-state index in [1.54, 1.807) is 23.3 Å². The summed E-state index contributed by atoms with van der Waals surface area (Å²) in [5.41, 5.74) is 4.41. The van der Waals surface area contributed by atoms with E-state index < -0.39 is 10.0 Å². The molecule has 184 valence electrons. The van der Waals surface area contributed by atoms with Gasteiger partial charge < -0.3 is 10.6 Å². The Morgan fingerprint density at radius 2 is 2.03 bits per heavy atom. The fraction of sp³-hybridized carbons (Fsp3) is 0.435. The van der Waals surface area contributed by atoms with Crippen LogP contribution in [0.15, 0.2) is 34.9 Å². The summed E-state index contributed by atoms with van der Waals surface area (Å²) in [6, 6.07) is 4.51.